The topological polar surface area (TPSA) is 90.1 Å². The van der Waals surface area contributed by atoms with Crippen molar-refractivity contribution < 1.29 is 14.6 Å². The number of hydrogen-bond donors (Lipinski definition) is 1. The number of nitrogens with zero attached hydrogens (tertiary/aromatic N) is 4. The number of rotatable bonds is 3. The van der Waals surface area contributed by atoms with E-state index in [9.17, 15) is 9.90 Å². The summed E-state index contributed by atoms with van der Waals surface area (Å²) in [7, 11) is 1.61. The van der Waals surface area contributed by atoms with Crippen LogP contribution in [0.1, 0.15) is 20.8 Å². The fourth-order valence-electron chi connectivity index (χ4n) is 1.57. The van der Waals surface area contributed by atoms with Crippen molar-refractivity contribution in [3.05, 3.63) is 6.33 Å². The predicted octanol–water partition coefficient (Wildman–Crippen LogP) is 1.50. The number of thioether (sulfide) groups is 1. The smallest absolute Gasteiger partial charge is 0.316 e. The third kappa shape index (κ3) is 3.19. The Morgan fingerprint density at radius 3 is 2.75 bits per heavy atom. The Morgan fingerprint density at radius 1 is 1.40 bits per heavy atom. The third-order valence-corrected chi connectivity index (χ3v) is 3.26. The van der Waals surface area contributed by atoms with Crippen LogP contribution < -0.4 is 0 Å². The van der Waals surface area contributed by atoms with Crippen LogP contribution in [0.5, 0.6) is 5.88 Å². The molecule has 2 aromatic rings. The second kappa shape index (κ2) is 5.28. The van der Waals surface area contributed by atoms with Gasteiger partial charge in [-0.05, 0) is 20.8 Å². The summed E-state index contributed by atoms with van der Waals surface area (Å²) in [6.45, 7) is 5.44. The maximum atomic E-state index is 11.7. The van der Waals surface area contributed by atoms with Gasteiger partial charge in [0.1, 0.15) is 22.5 Å². The molecule has 0 radical (unpaired) electrons. The zero-order chi connectivity index (χ0) is 14.9. The molecule has 0 bridgehead atoms. The molecule has 1 N–H and O–H groups in total. The van der Waals surface area contributed by atoms with Gasteiger partial charge in [-0.1, -0.05) is 11.8 Å². The van der Waals surface area contributed by atoms with Gasteiger partial charge in [0.2, 0.25) is 5.88 Å². The van der Waals surface area contributed by atoms with E-state index >= 15 is 0 Å². The van der Waals surface area contributed by atoms with Gasteiger partial charge in [0.15, 0.2) is 5.52 Å². The minimum absolute atomic E-state index is 0.0264. The van der Waals surface area contributed by atoms with Crippen LogP contribution in [0.4, 0.5) is 0 Å². The minimum Gasteiger partial charge on any atom is -0.492 e. The molecule has 0 aliphatic heterocycles. The van der Waals surface area contributed by atoms with Gasteiger partial charge in [0, 0.05) is 7.05 Å². The number of aromatic hydroxyl groups is 1. The first-order valence-electron chi connectivity index (χ1n) is 5.99. The lowest BCUT2D eigenvalue weighted by Gasteiger charge is -2.19. The maximum Gasteiger partial charge on any atom is 0.316 e. The van der Waals surface area contributed by atoms with Crippen LogP contribution in [-0.4, -0.2) is 42.2 Å². The van der Waals surface area contributed by atoms with Crippen LogP contribution in [0.25, 0.3) is 11.0 Å². The highest BCUT2D eigenvalue weighted by Crippen LogP contribution is 2.28. The molecular weight excluding hydrogens is 280 g/mol. The van der Waals surface area contributed by atoms with E-state index < -0.39 is 5.60 Å². The van der Waals surface area contributed by atoms with Crippen molar-refractivity contribution in [2.75, 3.05) is 5.75 Å². The number of carbonyl (C=O) groups excluding carboxylic acids is 1. The molecule has 0 aliphatic carbocycles. The summed E-state index contributed by atoms with van der Waals surface area (Å²) in [6, 6.07) is 0. The van der Waals surface area contributed by atoms with Crippen molar-refractivity contribution in [2.24, 2.45) is 7.05 Å². The van der Waals surface area contributed by atoms with Crippen LogP contribution in [0, 0.1) is 0 Å². The molecule has 7 nitrogen and oxygen atoms in total. The van der Waals surface area contributed by atoms with Crippen LogP contribution in [-0.2, 0) is 16.6 Å². The summed E-state index contributed by atoms with van der Waals surface area (Å²) in [5.74, 6) is -0.225. The van der Waals surface area contributed by atoms with E-state index in [4.69, 9.17) is 4.74 Å². The van der Waals surface area contributed by atoms with Gasteiger partial charge >= 0.3 is 5.97 Å². The van der Waals surface area contributed by atoms with E-state index in [-0.39, 0.29) is 17.6 Å². The van der Waals surface area contributed by atoms with Crippen molar-refractivity contribution in [1.82, 2.24) is 19.7 Å². The lowest BCUT2D eigenvalue weighted by Crippen LogP contribution is -2.24. The number of carbonyl (C=O) groups is 1. The molecule has 8 heteroatoms. The molecule has 0 atom stereocenters. The van der Waals surface area contributed by atoms with Crippen LogP contribution in [0.15, 0.2) is 11.4 Å². The lowest BCUT2D eigenvalue weighted by molar-refractivity contribution is -0.151. The van der Waals surface area contributed by atoms with E-state index in [0.717, 1.165) is 0 Å². The average Bonchev–Trinajstić information content (AvgIpc) is 2.62. The van der Waals surface area contributed by atoms with Crippen LogP contribution in [0.2, 0.25) is 0 Å². The number of hydrogen-bond acceptors (Lipinski definition) is 7. The number of fused-ring (bicyclic) bond motifs is 1. The molecule has 0 unspecified atom stereocenters. The Kier molecular flexibility index (Phi) is 3.85. The summed E-state index contributed by atoms with van der Waals surface area (Å²) in [6.07, 6.45) is 1.33. The standard InChI is InChI=1S/C12H16N4O3S/c1-12(2,3)19-7(17)5-20-10-8-9(13-6-14-10)11(18)16(4)15-8/h6,18H,5H2,1-4H3. The Bertz CT molecular complexity index is 648. The highest BCUT2D eigenvalue weighted by molar-refractivity contribution is 8.00. The summed E-state index contributed by atoms with van der Waals surface area (Å²) in [5.41, 5.74) is 0.331. The first kappa shape index (κ1) is 14.6. The number of aryl methyl sites for hydroxylation is 1. The Hall–Kier alpha value is -1.83. The van der Waals surface area contributed by atoms with Gasteiger partial charge in [-0.3, -0.25) is 4.79 Å². The van der Waals surface area contributed by atoms with E-state index in [1.54, 1.807) is 7.05 Å². The summed E-state index contributed by atoms with van der Waals surface area (Å²) >= 11 is 1.21. The SMILES string of the molecule is Cn1nc2c(SCC(=O)OC(C)(C)C)ncnc2c1O. The van der Waals surface area contributed by atoms with Gasteiger partial charge in [-0.25, -0.2) is 14.6 Å². The molecule has 0 saturated carbocycles. The second-order valence-electron chi connectivity index (χ2n) is 5.20. The van der Waals surface area contributed by atoms with Gasteiger partial charge in [0.05, 0.1) is 5.75 Å². The van der Waals surface area contributed by atoms with Crippen molar-refractivity contribution >= 4 is 28.8 Å². The predicted molar refractivity (Wildman–Crippen MR) is 74.5 cm³/mol. The quantitative estimate of drug-likeness (QED) is 0.521. The van der Waals surface area contributed by atoms with E-state index in [1.165, 1.54) is 22.8 Å². The molecule has 0 amide bonds. The normalized spacial score (nSPS) is 11.8. The molecule has 0 spiro atoms. The molecule has 2 heterocycles. The van der Waals surface area contributed by atoms with E-state index in [2.05, 4.69) is 15.1 Å². The molecule has 2 rings (SSSR count). The van der Waals surface area contributed by atoms with E-state index in [0.29, 0.717) is 16.1 Å². The molecule has 2 aromatic heterocycles. The largest absolute Gasteiger partial charge is 0.492 e. The first-order valence-corrected chi connectivity index (χ1v) is 6.98. The highest BCUT2D eigenvalue weighted by atomic mass is 32.2. The molecule has 0 aromatic carbocycles. The zero-order valence-electron chi connectivity index (χ0n) is 11.7. The second-order valence-corrected chi connectivity index (χ2v) is 6.16. The fraction of sp³-hybridized carbons (Fsp3) is 0.500. The zero-order valence-corrected chi connectivity index (χ0v) is 12.6. The third-order valence-electron chi connectivity index (χ3n) is 2.30. The fourth-order valence-corrected chi connectivity index (χ4v) is 2.28. The Labute approximate surface area is 120 Å². The summed E-state index contributed by atoms with van der Waals surface area (Å²) in [4.78, 5) is 19.7. The molecule has 0 aliphatic rings. The molecule has 20 heavy (non-hydrogen) atoms. The van der Waals surface area contributed by atoms with Gasteiger partial charge in [0.25, 0.3) is 0 Å². The maximum absolute atomic E-state index is 11.7. The Morgan fingerprint density at radius 2 is 2.10 bits per heavy atom. The van der Waals surface area contributed by atoms with Crippen molar-refractivity contribution in [3.63, 3.8) is 0 Å². The molecule has 108 valence electrons. The van der Waals surface area contributed by atoms with Gasteiger partial charge < -0.3 is 9.84 Å². The lowest BCUT2D eigenvalue weighted by atomic mass is 10.2. The monoisotopic (exact) mass is 296 g/mol. The van der Waals surface area contributed by atoms with Gasteiger partial charge in [-0.15, -0.1) is 0 Å². The average molecular weight is 296 g/mol. The van der Waals surface area contributed by atoms with Crippen molar-refractivity contribution in [3.8, 4) is 5.88 Å². The minimum atomic E-state index is -0.512. The number of aromatic nitrogens is 4. The van der Waals surface area contributed by atoms with Gasteiger partial charge in [-0.2, -0.15) is 5.10 Å². The van der Waals surface area contributed by atoms with Crippen molar-refractivity contribution in [1.29, 1.82) is 0 Å². The number of esters is 1. The number of ether oxygens (including phenoxy) is 1. The summed E-state index contributed by atoms with van der Waals surface area (Å²) in [5, 5.41) is 14.4. The van der Waals surface area contributed by atoms with E-state index in [1.807, 2.05) is 20.8 Å². The molecule has 0 fully saturated rings. The van der Waals surface area contributed by atoms with Crippen LogP contribution in [0.3, 0.4) is 0 Å². The molecular formula is C12H16N4O3S. The van der Waals surface area contributed by atoms with Crippen LogP contribution >= 0.6 is 11.8 Å². The van der Waals surface area contributed by atoms with Crippen molar-refractivity contribution in [2.45, 2.75) is 31.4 Å². The highest BCUT2D eigenvalue weighted by Gasteiger charge is 2.19. The molecule has 0 saturated heterocycles. The summed E-state index contributed by atoms with van der Waals surface area (Å²) < 4.78 is 6.54. The Balaban J connectivity index is 2.15. The first-order chi connectivity index (χ1) is 9.28.